The largest absolute Gasteiger partial charge is 0.497 e. The summed E-state index contributed by atoms with van der Waals surface area (Å²) in [6.45, 7) is 0.767. The van der Waals surface area contributed by atoms with Gasteiger partial charge < -0.3 is 14.4 Å². The van der Waals surface area contributed by atoms with Crippen LogP contribution in [0.25, 0.3) is 10.9 Å². The van der Waals surface area contributed by atoms with Gasteiger partial charge >= 0.3 is 5.97 Å². The van der Waals surface area contributed by atoms with E-state index in [0.717, 1.165) is 28.9 Å². The third-order valence-electron chi connectivity index (χ3n) is 3.44. The maximum atomic E-state index is 11.1. The van der Waals surface area contributed by atoms with E-state index in [0.29, 0.717) is 6.42 Å². The number of carboxylic acids is 1. The Hall–Kier alpha value is -1.97. The van der Waals surface area contributed by atoms with Crippen molar-refractivity contribution in [3.63, 3.8) is 0 Å². The van der Waals surface area contributed by atoms with Gasteiger partial charge in [0.25, 0.3) is 0 Å². The number of fused-ring (bicyclic) bond motifs is 3. The second-order valence-electron chi connectivity index (χ2n) is 4.33. The Bertz CT molecular complexity index is 600. The summed E-state index contributed by atoms with van der Waals surface area (Å²) in [7, 11) is 1.63. The summed E-state index contributed by atoms with van der Waals surface area (Å²) in [6.07, 6.45) is 0.678. The zero-order valence-corrected chi connectivity index (χ0v) is 9.51. The number of benzene rings is 1. The molecule has 0 spiro atoms. The van der Waals surface area contributed by atoms with Crippen molar-refractivity contribution in [1.82, 2.24) is 4.57 Å². The van der Waals surface area contributed by atoms with Gasteiger partial charge in [-0.2, -0.15) is 0 Å². The second kappa shape index (κ2) is 3.52. The Kier molecular flexibility index (Phi) is 2.11. The smallest absolute Gasteiger partial charge is 0.312 e. The van der Waals surface area contributed by atoms with Crippen LogP contribution < -0.4 is 4.74 Å². The highest BCUT2D eigenvalue weighted by molar-refractivity contribution is 5.86. The number of aromatic nitrogens is 1. The van der Waals surface area contributed by atoms with Gasteiger partial charge in [0.2, 0.25) is 0 Å². The summed E-state index contributed by atoms with van der Waals surface area (Å²) in [6, 6.07) is 7.80. The molecular weight excluding hydrogens is 218 g/mol. The number of hydrogen-bond donors (Lipinski definition) is 1. The van der Waals surface area contributed by atoms with Gasteiger partial charge in [0, 0.05) is 23.7 Å². The normalized spacial score (nSPS) is 18.3. The number of ether oxygens (including phenoxy) is 1. The van der Waals surface area contributed by atoms with E-state index in [4.69, 9.17) is 9.84 Å². The van der Waals surface area contributed by atoms with Gasteiger partial charge in [-0.05, 0) is 24.6 Å². The topological polar surface area (TPSA) is 51.5 Å². The van der Waals surface area contributed by atoms with Crippen LogP contribution in [0.3, 0.4) is 0 Å². The monoisotopic (exact) mass is 231 g/mol. The molecule has 2 heterocycles. The molecule has 3 rings (SSSR count). The molecule has 4 nitrogen and oxygen atoms in total. The zero-order valence-electron chi connectivity index (χ0n) is 9.51. The minimum absolute atomic E-state index is 0.367. The first kappa shape index (κ1) is 10.2. The molecule has 0 saturated carbocycles. The molecule has 0 saturated heterocycles. The number of aryl methyl sites for hydroxylation is 1. The molecular formula is C13H13NO3. The standard InChI is InChI=1S/C13H13NO3/c1-17-9-3-2-8-6-12-10(13(15)16)4-5-14(12)11(8)7-9/h2-3,6-7,10H,4-5H2,1H3,(H,15,16). The summed E-state index contributed by atoms with van der Waals surface area (Å²) in [5.41, 5.74) is 1.96. The van der Waals surface area contributed by atoms with Gasteiger partial charge in [-0.1, -0.05) is 0 Å². The lowest BCUT2D eigenvalue weighted by Gasteiger charge is -2.02. The highest BCUT2D eigenvalue weighted by Gasteiger charge is 2.30. The van der Waals surface area contributed by atoms with E-state index in [2.05, 4.69) is 4.57 Å². The Morgan fingerprint density at radius 1 is 1.47 bits per heavy atom. The zero-order chi connectivity index (χ0) is 12.0. The maximum absolute atomic E-state index is 11.1. The van der Waals surface area contributed by atoms with E-state index >= 15 is 0 Å². The fourth-order valence-electron chi connectivity index (χ4n) is 2.58. The van der Waals surface area contributed by atoms with E-state index in [1.54, 1.807) is 7.11 Å². The van der Waals surface area contributed by atoms with E-state index in [1.165, 1.54) is 0 Å². The lowest BCUT2D eigenvalue weighted by atomic mass is 10.0. The van der Waals surface area contributed by atoms with Crippen molar-refractivity contribution in [3.8, 4) is 5.75 Å². The van der Waals surface area contributed by atoms with E-state index in [1.807, 2.05) is 24.3 Å². The Balaban J connectivity index is 2.20. The van der Waals surface area contributed by atoms with Crippen molar-refractivity contribution in [3.05, 3.63) is 30.0 Å². The number of carbonyl (C=O) groups is 1. The molecule has 1 N–H and O–H groups in total. The summed E-state index contributed by atoms with van der Waals surface area (Å²) in [5.74, 6) is -0.302. The van der Waals surface area contributed by atoms with Crippen LogP contribution in [-0.4, -0.2) is 22.8 Å². The molecule has 4 heteroatoms. The van der Waals surface area contributed by atoms with Crippen LogP contribution >= 0.6 is 0 Å². The summed E-state index contributed by atoms with van der Waals surface area (Å²) >= 11 is 0. The minimum Gasteiger partial charge on any atom is -0.497 e. The summed E-state index contributed by atoms with van der Waals surface area (Å²) < 4.78 is 7.28. The lowest BCUT2D eigenvalue weighted by Crippen LogP contribution is -2.07. The molecule has 1 atom stereocenters. The fraction of sp³-hybridized carbons (Fsp3) is 0.308. The van der Waals surface area contributed by atoms with Crippen LogP contribution in [0.4, 0.5) is 0 Å². The van der Waals surface area contributed by atoms with Gasteiger partial charge in [0.15, 0.2) is 0 Å². The molecule has 0 amide bonds. The number of rotatable bonds is 2. The molecule has 1 unspecified atom stereocenters. The molecule has 1 aromatic heterocycles. The molecule has 0 fully saturated rings. The highest BCUT2D eigenvalue weighted by atomic mass is 16.5. The number of methoxy groups -OCH3 is 1. The Morgan fingerprint density at radius 3 is 3.00 bits per heavy atom. The van der Waals surface area contributed by atoms with Gasteiger partial charge in [0.05, 0.1) is 18.5 Å². The average Bonchev–Trinajstić information content (AvgIpc) is 2.86. The van der Waals surface area contributed by atoms with E-state index in [-0.39, 0.29) is 5.92 Å². The minimum atomic E-state index is -0.737. The molecule has 2 aromatic rings. The maximum Gasteiger partial charge on any atom is 0.312 e. The summed E-state index contributed by atoms with van der Waals surface area (Å²) in [4.78, 5) is 11.1. The number of carboxylic acid groups (broad SMARTS) is 1. The van der Waals surface area contributed by atoms with Gasteiger partial charge in [-0.25, -0.2) is 0 Å². The predicted molar refractivity (Wildman–Crippen MR) is 63.5 cm³/mol. The van der Waals surface area contributed by atoms with Crippen LogP contribution in [0.5, 0.6) is 5.75 Å². The molecule has 1 aliphatic rings. The quantitative estimate of drug-likeness (QED) is 0.862. The van der Waals surface area contributed by atoms with E-state index in [9.17, 15) is 4.79 Å². The van der Waals surface area contributed by atoms with Crippen molar-refractivity contribution < 1.29 is 14.6 Å². The first-order chi connectivity index (χ1) is 8.20. The van der Waals surface area contributed by atoms with Crippen molar-refractivity contribution in [2.24, 2.45) is 0 Å². The molecule has 1 aliphatic heterocycles. The Morgan fingerprint density at radius 2 is 2.29 bits per heavy atom. The van der Waals surface area contributed by atoms with E-state index < -0.39 is 5.97 Å². The number of nitrogens with zero attached hydrogens (tertiary/aromatic N) is 1. The first-order valence-electron chi connectivity index (χ1n) is 5.60. The second-order valence-corrected chi connectivity index (χ2v) is 4.33. The molecule has 0 aliphatic carbocycles. The van der Waals surface area contributed by atoms with Crippen LogP contribution in [-0.2, 0) is 11.3 Å². The van der Waals surface area contributed by atoms with Crippen LogP contribution in [0.15, 0.2) is 24.3 Å². The lowest BCUT2D eigenvalue weighted by molar-refractivity contribution is -0.138. The molecule has 0 radical (unpaired) electrons. The highest BCUT2D eigenvalue weighted by Crippen LogP contribution is 2.35. The molecule has 0 bridgehead atoms. The van der Waals surface area contributed by atoms with Crippen molar-refractivity contribution in [2.75, 3.05) is 7.11 Å². The first-order valence-corrected chi connectivity index (χ1v) is 5.60. The average molecular weight is 231 g/mol. The number of hydrogen-bond acceptors (Lipinski definition) is 2. The third kappa shape index (κ3) is 1.40. The number of aliphatic carboxylic acids is 1. The van der Waals surface area contributed by atoms with Crippen LogP contribution in [0.2, 0.25) is 0 Å². The third-order valence-corrected chi connectivity index (χ3v) is 3.44. The van der Waals surface area contributed by atoms with Gasteiger partial charge in [-0.3, -0.25) is 4.79 Å². The van der Waals surface area contributed by atoms with Gasteiger partial charge in [0.1, 0.15) is 5.75 Å². The molecule has 17 heavy (non-hydrogen) atoms. The van der Waals surface area contributed by atoms with Crippen molar-refractivity contribution in [1.29, 1.82) is 0 Å². The van der Waals surface area contributed by atoms with Gasteiger partial charge in [-0.15, -0.1) is 0 Å². The van der Waals surface area contributed by atoms with Crippen LogP contribution in [0.1, 0.15) is 18.0 Å². The fourth-order valence-corrected chi connectivity index (χ4v) is 2.58. The Labute approximate surface area is 98.4 Å². The molecule has 1 aromatic carbocycles. The summed E-state index contributed by atoms with van der Waals surface area (Å²) in [5, 5.41) is 10.2. The van der Waals surface area contributed by atoms with Crippen LogP contribution in [0, 0.1) is 0 Å². The van der Waals surface area contributed by atoms with Crippen molar-refractivity contribution in [2.45, 2.75) is 18.9 Å². The molecule has 88 valence electrons. The SMILES string of the molecule is COc1ccc2cc3n(c2c1)CCC3C(=O)O. The predicted octanol–water partition coefficient (Wildman–Crippen LogP) is 2.22. The van der Waals surface area contributed by atoms with Crippen molar-refractivity contribution >= 4 is 16.9 Å².